The Morgan fingerprint density at radius 2 is 1.81 bits per heavy atom. The number of ether oxygens (including phenoxy) is 1. The number of hydrogen-bond donors (Lipinski definition) is 1. The topological polar surface area (TPSA) is 79.3 Å². The standard InChI is InChI=1S/C21H22N2O3/c1-20(2,24)13-21(3,4)26-16-9-10-18-17(11-16)23-19(25-18)15-7-5-14(12-22)6-8-15/h5-11,24H,13H2,1-4H3. The molecule has 0 aliphatic carbocycles. The van der Waals surface area contributed by atoms with E-state index < -0.39 is 11.2 Å². The van der Waals surface area contributed by atoms with Crippen LogP contribution in [0.5, 0.6) is 5.75 Å². The molecule has 0 spiro atoms. The number of nitrogens with zero attached hydrogens (tertiary/aromatic N) is 2. The zero-order valence-corrected chi connectivity index (χ0v) is 15.4. The van der Waals surface area contributed by atoms with E-state index in [1.54, 1.807) is 26.0 Å². The molecule has 3 aromatic rings. The Morgan fingerprint density at radius 3 is 2.42 bits per heavy atom. The fourth-order valence-corrected chi connectivity index (χ4v) is 3.18. The molecular formula is C21H22N2O3. The number of aromatic nitrogens is 1. The maximum absolute atomic E-state index is 10.0. The first-order valence-electron chi connectivity index (χ1n) is 8.48. The van der Waals surface area contributed by atoms with Gasteiger partial charge in [-0.15, -0.1) is 0 Å². The molecule has 0 aliphatic rings. The van der Waals surface area contributed by atoms with E-state index in [2.05, 4.69) is 11.1 Å². The van der Waals surface area contributed by atoms with Crippen LogP contribution in [-0.2, 0) is 0 Å². The van der Waals surface area contributed by atoms with Crippen LogP contribution in [0.15, 0.2) is 46.9 Å². The van der Waals surface area contributed by atoms with Crippen LogP contribution in [0.3, 0.4) is 0 Å². The van der Waals surface area contributed by atoms with Crippen molar-refractivity contribution in [1.82, 2.24) is 4.98 Å². The molecule has 0 fully saturated rings. The molecule has 1 N–H and O–H groups in total. The molecule has 0 radical (unpaired) electrons. The molecule has 2 aromatic carbocycles. The zero-order valence-electron chi connectivity index (χ0n) is 15.4. The lowest BCUT2D eigenvalue weighted by Gasteiger charge is -2.32. The van der Waals surface area contributed by atoms with E-state index in [4.69, 9.17) is 14.4 Å². The lowest BCUT2D eigenvalue weighted by molar-refractivity contribution is -0.0105. The van der Waals surface area contributed by atoms with Gasteiger partial charge in [0.1, 0.15) is 16.9 Å². The Hall–Kier alpha value is -2.84. The van der Waals surface area contributed by atoms with E-state index in [1.807, 2.05) is 44.2 Å². The summed E-state index contributed by atoms with van der Waals surface area (Å²) >= 11 is 0. The fourth-order valence-electron chi connectivity index (χ4n) is 3.18. The van der Waals surface area contributed by atoms with E-state index in [1.165, 1.54) is 0 Å². The van der Waals surface area contributed by atoms with Crippen molar-refractivity contribution < 1.29 is 14.3 Å². The molecule has 1 heterocycles. The third-order valence-electron chi connectivity index (χ3n) is 3.87. The summed E-state index contributed by atoms with van der Waals surface area (Å²) in [4.78, 5) is 4.52. The molecule has 0 unspecified atom stereocenters. The van der Waals surface area contributed by atoms with Gasteiger partial charge in [-0.1, -0.05) is 0 Å². The van der Waals surface area contributed by atoms with Gasteiger partial charge < -0.3 is 14.3 Å². The molecule has 0 aliphatic heterocycles. The van der Waals surface area contributed by atoms with Crippen LogP contribution >= 0.6 is 0 Å². The lowest BCUT2D eigenvalue weighted by Crippen LogP contribution is -2.37. The second-order valence-corrected chi connectivity index (χ2v) is 7.69. The molecule has 0 amide bonds. The van der Waals surface area contributed by atoms with E-state index in [0.717, 1.165) is 5.56 Å². The van der Waals surface area contributed by atoms with E-state index in [-0.39, 0.29) is 0 Å². The van der Waals surface area contributed by atoms with Crippen molar-refractivity contribution in [3.05, 3.63) is 48.0 Å². The molecule has 0 saturated carbocycles. The van der Waals surface area contributed by atoms with Gasteiger partial charge in [-0.2, -0.15) is 5.26 Å². The molecule has 5 heteroatoms. The zero-order chi connectivity index (χ0) is 18.9. The molecule has 1 aromatic heterocycles. The Labute approximate surface area is 152 Å². The average Bonchev–Trinajstić information content (AvgIpc) is 2.95. The van der Waals surface area contributed by atoms with Gasteiger partial charge in [0.2, 0.25) is 5.89 Å². The van der Waals surface area contributed by atoms with Gasteiger partial charge >= 0.3 is 0 Å². The second-order valence-electron chi connectivity index (χ2n) is 7.69. The molecule has 5 nitrogen and oxygen atoms in total. The third kappa shape index (κ3) is 4.22. The summed E-state index contributed by atoms with van der Waals surface area (Å²) in [5, 5.41) is 18.9. The van der Waals surface area contributed by atoms with Crippen LogP contribution in [0.1, 0.15) is 39.7 Å². The minimum absolute atomic E-state index is 0.493. The summed E-state index contributed by atoms with van der Waals surface area (Å²) in [6, 6.07) is 14.7. The first-order chi connectivity index (χ1) is 12.1. The number of oxazole rings is 1. The van der Waals surface area contributed by atoms with Gasteiger partial charge in [0.15, 0.2) is 5.58 Å². The first kappa shape index (κ1) is 18.0. The van der Waals surface area contributed by atoms with Gasteiger partial charge in [-0.25, -0.2) is 4.98 Å². The van der Waals surface area contributed by atoms with Crippen LogP contribution in [0, 0.1) is 11.3 Å². The first-order valence-corrected chi connectivity index (χ1v) is 8.48. The number of rotatable bonds is 5. The summed E-state index contributed by atoms with van der Waals surface area (Å²) in [5.41, 5.74) is 1.42. The largest absolute Gasteiger partial charge is 0.488 e. The van der Waals surface area contributed by atoms with E-state index in [9.17, 15) is 5.11 Å². The average molecular weight is 350 g/mol. The highest BCUT2D eigenvalue weighted by Crippen LogP contribution is 2.30. The highest BCUT2D eigenvalue weighted by molar-refractivity contribution is 5.77. The monoisotopic (exact) mass is 350 g/mol. The van der Waals surface area contributed by atoms with Gasteiger partial charge in [-0.3, -0.25) is 0 Å². The Morgan fingerprint density at radius 1 is 1.12 bits per heavy atom. The summed E-state index contributed by atoms with van der Waals surface area (Å²) in [6.07, 6.45) is 0.493. The summed E-state index contributed by atoms with van der Waals surface area (Å²) < 4.78 is 11.9. The third-order valence-corrected chi connectivity index (χ3v) is 3.87. The quantitative estimate of drug-likeness (QED) is 0.722. The second kappa shape index (κ2) is 6.47. The van der Waals surface area contributed by atoms with E-state index >= 15 is 0 Å². The summed E-state index contributed by atoms with van der Waals surface area (Å²) in [5.74, 6) is 1.17. The van der Waals surface area contributed by atoms with Crippen LogP contribution in [0.2, 0.25) is 0 Å². The maximum Gasteiger partial charge on any atom is 0.227 e. The minimum Gasteiger partial charge on any atom is -0.488 e. The van der Waals surface area contributed by atoms with Crippen LogP contribution in [0.4, 0.5) is 0 Å². The number of aliphatic hydroxyl groups is 1. The van der Waals surface area contributed by atoms with Gasteiger partial charge in [0.05, 0.1) is 17.2 Å². The smallest absolute Gasteiger partial charge is 0.227 e. The highest BCUT2D eigenvalue weighted by atomic mass is 16.5. The summed E-state index contributed by atoms with van der Waals surface area (Å²) in [7, 11) is 0. The molecule has 0 atom stereocenters. The molecule has 3 rings (SSSR count). The molecule has 134 valence electrons. The SMILES string of the molecule is CC(C)(O)CC(C)(C)Oc1ccc2oc(-c3ccc(C#N)cc3)nc2c1. The predicted octanol–water partition coefficient (Wildman–Crippen LogP) is 4.68. The predicted molar refractivity (Wildman–Crippen MR) is 99.8 cm³/mol. The van der Waals surface area contributed by atoms with Crippen molar-refractivity contribution >= 4 is 11.1 Å². The van der Waals surface area contributed by atoms with Gasteiger partial charge in [0, 0.05) is 18.1 Å². The van der Waals surface area contributed by atoms with Crippen molar-refractivity contribution in [1.29, 1.82) is 5.26 Å². The highest BCUT2D eigenvalue weighted by Gasteiger charge is 2.28. The van der Waals surface area contributed by atoms with Crippen molar-refractivity contribution in [3.8, 4) is 23.3 Å². The Kier molecular flexibility index (Phi) is 4.47. The fraction of sp³-hybridized carbons (Fsp3) is 0.333. The van der Waals surface area contributed by atoms with Crippen LogP contribution < -0.4 is 4.74 Å². The molecule has 0 saturated heterocycles. The molecule has 0 bridgehead atoms. The van der Waals surface area contributed by atoms with Crippen molar-refractivity contribution in [2.75, 3.05) is 0 Å². The number of nitriles is 1. The number of hydrogen-bond acceptors (Lipinski definition) is 5. The maximum atomic E-state index is 10.0. The van der Waals surface area contributed by atoms with Crippen LogP contribution in [0.25, 0.3) is 22.6 Å². The number of fused-ring (bicyclic) bond motifs is 1. The lowest BCUT2D eigenvalue weighted by atomic mass is 9.92. The van der Waals surface area contributed by atoms with Crippen molar-refractivity contribution in [2.24, 2.45) is 0 Å². The molecule has 26 heavy (non-hydrogen) atoms. The Bertz CT molecular complexity index is 958. The summed E-state index contributed by atoms with van der Waals surface area (Å²) in [6.45, 7) is 7.42. The van der Waals surface area contributed by atoms with Crippen LogP contribution in [-0.4, -0.2) is 21.3 Å². The number of benzene rings is 2. The van der Waals surface area contributed by atoms with Crippen molar-refractivity contribution in [3.63, 3.8) is 0 Å². The van der Waals surface area contributed by atoms with Gasteiger partial charge in [-0.05, 0) is 64.1 Å². The molecular weight excluding hydrogens is 328 g/mol. The van der Waals surface area contributed by atoms with Gasteiger partial charge in [0.25, 0.3) is 0 Å². The van der Waals surface area contributed by atoms with Crippen molar-refractivity contribution in [2.45, 2.75) is 45.3 Å². The minimum atomic E-state index is -0.815. The van der Waals surface area contributed by atoms with E-state index in [0.29, 0.717) is 34.7 Å². The Balaban J connectivity index is 1.86. The normalized spacial score (nSPS) is 12.2.